The second-order valence-electron chi connectivity index (χ2n) is 5.44. The summed E-state index contributed by atoms with van der Waals surface area (Å²) in [6.45, 7) is 6.07. The quantitative estimate of drug-likeness (QED) is 0.850. The average Bonchev–Trinajstić information content (AvgIpc) is 2.91. The van der Waals surface area contributed by atoms with E-state index in [-0.39, 0.29) is 12.1 Å². The first-order valence-corrected chi connectivity index (χ1v) is 7.08. The van der Waals surface area contributed by atoms with Crippen molar-refractivity contribution in [2.45, 2.75) is 45.4 Å². The Balaban J connectivity index is 1.99. The fourth-order valence-electron chi connectivity index (χ4n) is 2.45. The first-order chi connectivity index (χ1) is 9.56. The van der Waals surface area contributed by atoms with Gasteiger partial charge in [0.2, 0.25) is 0 Å². The second-order valence-corrected chi connectivity index (χ2v) is 5.44. The average molecular weight is 273 g/mol. The largest absolute Gasteiger partial charge is 0.393 e. The summed E-state index contributed by atoms with van der Waals surface area (Å²) in [5.74, 6) is 0. The van der Waals surface area contributed by atoms with E-state index in [1.807, 2.05) is 17.7 Å². The second kappa shape index (κ2) is 6.68. The number of aromatic nitrogens is 2. The molecule has 0 aliphatic heterocycles. The van der Waals surface area contributed by atoms with Crippen LogP contribution in [0.4, 0.5) is 0 Å². The van der Waals surface area contributed by atoms with Gasteiger partial charge in [-0.3, -0.25) is 0 Å². The molecule has 2 N–H and O–H groups in total. The molecule has 3 atom stereocenters. The van der Waals surface area contributed by atoms with E-state index in [0.717, 1.165) is 12.1 Å². The SMILES string of the molecule is CC(O)CC(C)NC(C)c1ccc(-n2ccnc2)cc1. The van der Waals surface area contributed by atoms with Crippen LogP contribution in [0.3, 0.4) is 0 Å². The number of hydrogen-bond donors (Lipinski definition) is 2. The summed E-state index contributed by atoms with van der Waals surface area (Å²) < 4.78 is 1.98. The van der Waals surface area contributed by atoms with Crippen LogP contribution in [0.2, 0.25) is 0 Å². The van der Waals surface area contributed by atoms with Gasteiger partial charge in [-0.15, -0.1) is 0 Å². The lowest BCUT2D eigenvalue weighted by molar-refractivity contribution is 0.168. The normalized spacial score (nSPS) is 15.8. The molecule has 0 saturated heterocycles. The summed E-state index contributed by atoms with van der Waals surface area (Å²) in [6, 6.07) is 8.99. The van der Waals surface area contributed by atoms with Crippen LogP contribution in [0.5, 0.6) is 0 Å². The van der Waals surface area contributed by atoms with E-state index in [1.54, 1.807) is 12.5 Å². The predicted molar refractivity (Wildman–Crippen MR) is 80.9 cm³/mol. The molecule has 0 amide bonds. The van der Waals surface area contributed by atoms with Gasteiger partial charge in [0.25, 0.3) is 0 Å². The molecule has 0 fully saturated rings. The van der Waals surface area contributed by atoms with Crippen LogP contribution in [-0.4, -0.2) is 26.8 Å². The molecule has 0 radical (unpaired) electrons. The van der Waals surface area contributed by atoms with E-state index in [4.69, 9.17) is 0 Å². The summed E-state index contributed by atoms with van der Waals surface area (Å²) >= 11 is 0. The lowest BCUT2D eigenvalue weighted by Crippen LogP contribution is -2.31. The van der Waals surface area contributed by atoms with Gasteiger partial charge in [-0.25, -0.2) is 4.98 Å². The van der Waals surface area contributed by atoms with Gasteiger partial charge in [-0.2, -0.15) is 0 Å². The molecule has 1 heterocycles. The summed E-state index contributed by atoms with van der Waals surface area (Å²) in [6.07, 6.45) is 5.99. The number of imidazole rings is 1. The van der Waals surface area contributed by atoms with Gasteiger partial charge in [-0.1, -0.05) is 12.1 Å². The Hall–Kier alpha value is -1.65. The number of aliphatic hydroxyl groups is 1. The highest BCUT2D eigenvalue weighted by atomic mass is 16.3. The van der Waals surface area contributed by atoms with Crippen LogP contribution in [0.25, 0.3) is 5.69 Å². The number of benzene rings is 1. The first-order valence-electron chi connectivity index (χ1n) is 7.08. The molecule has 4 nitrogen and oxygen atoms in total. The van der Waals surface area contributed by atoms with E-state index < -0.39 is 0 Å². The van der Waals surface area contributed by atoms with Crippen molar-refractivity contribution in [2.75, 3.05) is 0 Å². The van der Waals surface area contributed by atoms with Crippen molar-refractivity contribution in [1.82, 2.24) is 14.9 Å². The molecule has 3 unspecified atom stereocenters. The molecule has 0 aliphatic carbocycles. The van der Waals surface area contributed by atoms with Crippen LogP contribution in [0.1, 0.15) is 38.8 Å². The summed E-state index contributed by atoms with van der Waals surface area (Å²) in [4.78, 5) is 4.05. The number of nitrogens with zero attached hydrogens (tertiary/aromatic N) is 2. The molecular formula is C16H23N3O. The van der Waals surface area contributed by atoms with Gasteiger partial charge in [0, 0.05) is 30.2 Å². The van der Waals surface area contributed by atoms with Crippen molar-refractivity contribution in [1.29, 1.82) is 0 Å². The van der Waals surface area contributed by atoms with Crippen LogP contribution in [-0.2, 0) is 0 Å². The highest BCUT2D eigenvalue weighted by molar-refractivity contribution is 5.35. The fraction of sp³-hybridized carbons (Fsp3) is 0.438. The Morgan fingerprint density at radius 2 is 1.90 bits per heavy atom. The minimum atomic E-state index is -0.270. The molecule has 1 aromatic heterocycles. The van der Waals surface area contributed by atoms with Gasteiger partial charge in [0.05, 0.1) is 12.4 Å². The van der Waals surface area contributed by atoms with E-state index in [9.17, 15) is 5.11 Å². The molecule has 1 aromatic carbocycles. The third kappa shape index (κ3) is 3.92. The van der Waals surface area contributed by atoms with Crippen LogP contribution >= 0.6 is 0 Å². The number of aliphatic hydroxyl groups excluding tert-OH is 1. The Labute approximate surface area is 120 Å². The monoisotopic (exact) mass is 273 g/mol. The van der Waals surface area contributed by atoms with E-state index in [2.05, 4.69) is 48.4 Å². The van der Waals surface area contributed by atoms with Gasteiger partial charge in [-0.05, 0) is 44.9 Å². The summed E-state index contributed by atoms with van der Waals surface area (Å²) in [5.41, 5.74) is 2.35. The Kier molecular flexibility index (Phi) is 4.93. The third-order valence-corrected chi connectivity index (χ3v) is 3.42. The first kappa shape index (κ1) is 14.8. The summed E-state index contributed by atoms with van der Waals surface area (Å²) in [5, 5.41) is 12.9. The number of hydrogen-bond acceptors (Lipinski definition) is 3. The maximum Gasteiger partial charge on any atom is 0.0991 e. The van der Waals surface area contributed by atoms with E-state index in [1.165, 1.54) is 5.56 Å². The van der Waals surface area contributed by atoms with Crippen molar-refractivity contribution >= 4 is 0 Å². The van der Waals surface area contributed by atoms with Crippen molar-refractivity contribution < 1.29 is 5.11 Å². The predicted octanol–water partition coefficient (Wildman–Crippen LogP) is 2.68. The number of rotatable bonds is 6. The van der Waals surface area contributed by atoms with Crippen LogP contribution in [0.15, 0.2) is 43.0 Å². The van der Waals surface area contributed by atoms with Gasteiger partial charge < -0.3 is 15.0 Å². The smallest absolute Gasteiger partial charge is 0.0991 e. The van der Waals surface area contributed by atoms with E-state index in [0.29, 0.717) is 6.04 Å². The van der Waals surface area contributed by atoms with Crippen molar-refractivity contribution in [3.63, 3.8) is 0 Å². The molecule has 0 saturated carbocycles. The maximum absolute atomic E-state index is 9.40. The van der Waals surface area contributed by atoms with Crippen molar-refractivity contribution in [2.24, 2.45) is 0 Å². The standard InChI is InChI=1S/C16H23N3O/c1-12(10-13(2)20)18-14(3)15-4-6-16(7-5-15)19-9-8-17-11-19/h4-9,11-14,18,20H,10H2,1-3H3. The maximum atomic E-state index is 9.40. The van der Waals surface area contributed by atoms with Gasteiger partial charge in [0.15, 0.2) is 0 Å². The molecule has 2 aromatic rings. The Morgan fingerprint density at radius 1 is 1.20 bits per heavy atom. The molecule has 4 heteroatoms. The zero-order valence-corrected chi connectivity index (χ0v) is 12.3. The highest BCUT2D eigenvalue weighted by Crippen LogP contribution is 2.16. The lowest BCUT2D eigenvalue weighted by atomic mass is 10.1. The number of nitrogens with one attached hydrogen (secondary N) is 1. The minimum absolute atomic E-state index is 0.264. The molecule has 2 rings (SSSR count). The van der Waals surface area contributed by atoms with Crippen molar-refractivity contribution in [3.8, 4) is 5.69 Å². The lowest BCUT2D eigenvalue weighted by Gasteiger charge is -2.21. The van der Waals surface area contributed by atoms with Gasteiger partial charge >= 0.3 is 0 Å². The highest BCUT2D eigenvalue weighted by Gasteiger charge is 2.11. The molecule has 0 spiro atoms. The Bertz CT molecular complexity index is 505. The van der Waals surface area contributed by atoms with Crippen molar-refractivity contribution in [3.05, 3.63) is 48.5 Å². The Morgan fingerprint density at radius 3 is 2.45 bits per heavy atom. The molecule has 0 bridgehead atoms. The molecule has 20 heavy (non-hydrogen) atoms. The third-order valence-electron chi connectivity index (χ3n) is 3.42. The molecular weight excluding hydrogens is 250 g/mol. The minimum Gasteiger partial charge on any atom is -0.393 e. The summed E-state index contributed by atoms with van der Waals surface area (Å²) in [7, 11) is 0. The molecule has 108 valence electrons. The van der Waals surface area contributed by atoms with Gasteiger partial charge in [0.1, 0.15) is 0 Å². The van der Waals surface area contributed by atoms with Crippen LogP contribution in [0, 0.1) is 0 Å². The molecule has 0 aliphatic rings. The van der Waals surface area contributed by atoms with Crippen LogP contribution < -0.4 is 5.32 Å². The fourth-order valence-corrected chi connectivity index (χ4v) is 2.45. The van der Waals surface area contributed by atoms with E-state index >= 15 is 0 Å². The zero-order valence-electron chi connectivity index (χ0n) is 12.3. The topological polar surface area (TPSA) is 50.1 Å². The zero-order chi connectivity index (χ0) is 14.5.